The maximum absolute atomic E-state index is 14.1. The highest BCUT2D eigenvalue weighted by atomic mass is 19.2. The summed E-state index contributed by atoms with van der Waals surface area (Å²) in [6.07, 6.45) is 0.724. The van der Waals surface area contributed by atoms with E-state index in [1.165, 1.54) is 11.9 Å². The van der Waals surface area contributed by atoms with Crippen molar-refractivity contribution in [1.29, 1.82) is 0 Å². The number of rotatable bonds is 3. The van der Waals surface area contributed by atoms with Crippen molar-refractivity contribution in [2.45, 2.75) is 19.4 Å². The van der Waals surface area contributed by atoms with Crippen LogP contribution in [0, 0.1) is 17.5 Å². The normalized spacial score (nSPS) is 20.6. The van der Waals surface area contributed by atoms with Crippen molar-refractivity contribution < 1.29 is 22.8 Å². The molecule has 2 heterocycles. The standard InChI is InChI=1S/C16H16F3N3O2/c1-3-4-22-7-12-13(15(22)23)14(20-16(24)21(12)2)8-5-10(18)11(19)6-9(8)17/h5-6,14H,3-4,7H2,1-2H3,(H,20,24)/t14-/m1/s1. The number of halogens is 3. The summed E-state index contributed by atoms with van der Waals surface area (Å²) in [6, 6.07) is -0.581. The molecule has 0 saturated heterocycles. The van der Waals surface area contributed by atoms with E-state index in [0.29, 0.717) is 24.4 Å². The van der Waals surface area contributed by atoms with E-state index >= 15 is 0 Å². The van der Waals surface area contributed by atoms with E-state index in [1.807, 2.05) is 6.92 Å². The molecule has 3 rings (SSSR count). The average Bonchev–Trinajstić information content (AvgIpc) is 2.85. The molecule has 1 atom stereocenters. The lowest BCUT2D eigenvalue weighted by atomic mass is 9.95. The SMILES string of the molecule is CCCN1CC2=C(C1=O)[C@@H](c1cc(F)c(F)cc1F)NC(=O)N2C. The third-order valence-corrected chi connectivity index (χ3v) is 4.28. The molecule has 2 aliphatic rings. The molecule has 0 saturated carbocycles. The quantitative estimate of drug-likeness (QED) is 0.859. The van der Waals surface area contributed by atoms with Crippen LogP contribution in [0.2, 0.25) is 0 Å². The van der Waals surface area contributed by atoms with E-state index in [4.69, 9.17) is 0 Å². The van der Waals surface area contributed by atoms with E-state index in [2.05, 4.69) is 5.32 Å². The van der Waals surface area contributed by atoms with Crippen molar-refractivity contribution in [1.82, 2.24) is 15.1 Å². The lowest BCUT2D eigenvalue weighted by molar-refractivity contribution is -0.125. The Balaban J connectivity index is 2.10. The first-order chi connectivity index (χ1) is 11.3. The minimum Gasteiger partial charge on any atom is -0.333 e. The summed E-state index contributed by atoms with van der Waals surface area (Å²) in [5, 5.41) is 2.49. The highest BCUT2D eigenvalue weighted by Gasteiger charge is 2.43. The molecule has 0 fully saturated rings. The third-order valence-electron chi connectivity index (χ3n) is 4.28. The zero-order chi connectivity index (χ0) is 17.6. The van der Waals surface area contributed by atoms with E-state index in [9.17, 15) is 22.8 Å². The fraction of sp³-hybridized carbons (Fsp3) is 0.375. The van der Waals surface area contributed by atoms with E-state index in [-0.39, 0.29) is 23.6 Å². The molecule has 0 spiro atoms. The van der Waals surface area contributed by atoms with Crippen molar-refractivity contribution in [3.63, 3.8) is 0 Å². The first-order valence-electron chi connectivity index (χ1n) is 7.56. The van der Waals surface area contributed by atoms with Gasteiger partial charge in [-0.25, -0.2) is 18.0 Å². The molecular formula is C16H16F3N3O2. The molecule has 1 aromatic carbocycles. The Kier molecular flexibility index (Phi) is 3.98. The van der Waals surface area contributed by atoms with Gasteiger partial charge in [-0.15, -0.1) is 0 Å². The molecular weight excluding hydrogens is 323 g/mol. The monoisotopic (exact) mass is 339 g/mol. The van der Waals surface area contributed by atoms with Gasteiger partial charge in [0.2, 0.25) is 0 Å². The van der Waals surface area contributed by atoms with Gasteiger partial charge in [0.05, 0.1) is 23.9 Å². The van der Waals surface area contributed by atoms with Crippen molar-refractivity contribution >= 4 is 11.9 Å². The minimum atomic E-state index is -1.32. The average molecular weight is 339 g/mol. The zero-order valence-corrected chi connectivity index (χ0v) is 13.2. The Morgan fingerprint density at radius 3 is 2.50 bits per heavy atom. The highest BCUT2D eigenvalue weighted by Crippen LogP contribution is 2.37. The van der Waals surface area contributed by atoms with Gasteiger partial charge in [-0.3, -0.25) is 9.69 Å². The maximum Gasteiger partial charge on any atom is 0.322 e. The first kappa shape index (κ1) is 16.4. The van der Waals surface area contributed by atoms with Crippen LogP contribution in [0.1, 0.15) is 24.9 Å². The number of amides is 3. The van der Waals surface area contributed by atoms with Crippen LogP contribution in [0.3, 0.4) is 0 Å². The van der Waals surface area contributed by atoms with Crippen LogP contribution in [0.15, 0.2) is 23.4 Å². The predicted molar refractivity (Wildman–Crippen MR) is 79.2 cm³/mol. The Morgan fingerprint density at radius 1 is 1.17 bits per heavy atom. The van der Waals surface area contributed by atoms with Crippen LogP contribution < -0.4 is 5.32 Å². The lowest BCUT2D eigenvalue weighted by Gasteiger charge is -2.31. The van der Waals surface area contributed by atoms with Crippen LogP contribution in [-0.4, -0.2) is 41.9 Å². The Hall–Kier alpha value is -2.51. The highest BCUT2D eigenvalue weighted by molar-refractivity contribution is 6.01. The van der Waals surface area contributed by atoms with Crippen LogP contribution >= 0.6 is 0 Å². The van der Waals surface area contributed by atoms with Gasteiger partial charge in [0.15, 0.2) is 11.6 Å². The largest absolute Gasteiger partial charge is 0.333 e. The molecule has 1 aromatic rings. The summed E-state index contributed by atoms with van der Waals surface area (Å²) in [5.74, 6) is -3.92. The molecule has 3 amide bonds. The molecule has 128 valence electrons. The molecule has 2 aliphatic heterocycles. The fourth-order valence-corrected chi connectivity index (χ4v) is 3.07. The molecule has 0 bridgehead atoms. The number of hydrogen-bond donors (Lipinski definition) is 1. The van der Waals surface area contributed by atoms with Crippen molar-refractivity contribution in [2.24, 2.45) is 0 Å². The van der Waals surface area contributed by atoms with Gasteiger partial charge >= 0.3 is 6.03 Å². The van der Waals surface area contributed by atoms with Gasteiger partial charge in [0.1, 0.15) is 5.82 Å². The zero-order valence-electron chi connectivity index (χ0n) is 13.2. The first-order valence-corrected chi connectivity index (χ1v) is 7.56. The molecule has 5 nitrogen and oxygen atoms in total. The van der Waals surface area contributed by atoms with E-state index < -0.39 is 29.5 Å². The summed E-state index contributed by atoms with van der Waals surface area (Å²) in [6.45, 7) is 2.62. The Bertz CT molecular complexity index is 763. The van der Waals surface area contributed by atoms with E-state index in [0.717, 1.165) is 6.42 Å². The van der Waals surface area contributed by atoms with Gasteiger partial charge in [-0.2, -0.15) is 0 Å². The predicted octanol–water partition coefficient (Wildman–Crippen LogP) is 2.31. The fourth-order valence-electron chi connectivity index (χ4n) is 3.07. The Labute approximate surface area is 136 Å². The van der Waals surface area contributed by atoms with Crippen molar-refractivity contribution in [3.8, 4) is 0 Å². The summed E-state index contributed by atoms with van der Waals surface area (Å²) < 4.78 is 40.9. The number of urea groups is 1. The summed E-state index contributed by atoms with van der Waals surface area (Å²) in [5.41, 5.74) is 0.372. The molecule has 0 unspecified atom stereocenters. The van der Waals surface area contributed by atoms with E-state index in [1.54, 1.807) is 4.90 Å². The second kappa shape index (κ2) is 5.85. The minimum absolute atomic E-state index is 0.190. The van der Waals surface area contributed by atoms with Crippen LogP contribution in [0.5, 0.6) is 0 Å². The second-order valence-corrected chi connectivity index (χ2v) is 5.82. The van der Waals surface area contributed by atoms with Crippen LogP contribution in [0.25, 0.3) is 0 Å². The van der Waals surface area contributed by atoms with Crippen molar-refractivity contribution in [2.75, 3.05) is 20.1 Å². The molecule has 24 heavy (non-hydrogen) atoms. The molecule has 0 aliphatic carbocycles. The number of nitrogens with one attached hydrogen (secondary N) is 1. The van der Waals surface area contributed by atoms with Gasteiger partial charge in [-0.05, 0) is 12.5 Å². The van der Waals surface area contributed by atoms with Gasteiger partial charge in [-0.1, -0.05) is 6.92 Å². The molecule has 1 N–H and O–H groups in total. The molecule has 8 heteroatoms. The number of benzene rings is 1. The third kappa shape index (κ3) is 2.42. The number of hydrogen-bond acceptors (Lipinski definition) is 2. The number of nitrogens with zero attached hydrogens (tertiary/aromatic N) is 2. The molecule has 0 radical (unpaired) electrons. The lowest BCUT2D eigenvalue weighted by Crippen LogP contribution is -2.45. The number of carbonyl (C=O) groups excluding carboxylic acids is 2. The number of likely N-dealkylation sites (N-methyl/N-ethyl adjacent to an activating group) is 1. The molecule has 0 aromatic heterocycles. The topological polar surface area (TPSA) is 52.7 Å². The van der Waals surface area contributed by atoms with Gasteiger partial charge in [0.25, 0.3) is 5.91 Å². The van der Waals surface area contributed by atoms with Crippen LogP contribution in [0.4, 0.5) is 18.0 Å². The smallest absolute Gasteiger partial charge is 0.322 e. The maximum atomic E-state index is 14.1. The Morgan fingerprint density at radius 2 is 1.83 bits per heavy atom. The summed E-state index contributed by atoms with van der Waals surface area (Å²) in [7, 11) is 1.51. The summed E-state index contributed by atoms with van der Waals surface area (Å²) in [4.78, 5) is 27.6. The summed E-state index contributed by atoms with van der Waals surface area (Å²) >= 11 is 0. The van der Waals surface area contributed by atoms with Gasteiger partial charge in [0, 0.05) is 25.2 Å². The number of carbonyl (C=O) groups is 2. The van der Waals surface area contributed by atoms with Gasteiger partial charge < -0.3 is 10.2 Å². The van der Waals surface area contributed by atoms with Crippen LogP contribution in [-0.2, 0) is 4.79 Å². The second-order valence-electron chi connectivity index (χ2n) is 5.82. The van der Waals surface area contributed by atoms with Crippen molar-refractivity contribution in [3.05, 3.63) is 46.4 Å².